The molecule has 1 atom stereocenters. The molecule has 1 aliphatic rings. The molecular weight excluding hydrogens is 523 g/mol. The van der Waals surface area contributed by atoms with E-state index in [9.17, 15) is 14.0 Å². The number of rotatable bonds is 8. The summed E-state index contributed by atoms with van der Waals surface area (Å²) in [5.41, 5.74) is 2.46. The predicted octanol–water partition coefficient (Wildman–Crippen LogP) is 5.30. The summed E-state index contributed by atoms with van der Waals surface area (Å²) in [5.74, 6) is 1.25. The van der Waals surface area contributed by atoms with Gasteiger partial charge >= 0.3 is 6.09 Å². The van der Waals surface area contributed by atoms with E-state index in [1.807, 2.05) is 37.1 Å². The molecule has 3 heterocycles. The smallest absolute Gasteiger partial charge is 0.424 e. The van der Waals surface area contributed by atoms with Gasteiger partial charge in [0.15, 0.2) is 0 Å². The lowest BCUT2D eigenvalue weighted by Crippen LogP contribution is -2.46. The number of fused-ring (bicyclic) bond motifs is 1. The molecule has 216 valence electrons. The number of aromatic nitrogens is 4. The van der Waals surface area contributed by atoms with E-state index in [2.05, 4.69) is 34.4 Å². The second kappa shape index (κ2) is 12.1. The zero-order valence-corrected chi connectivity index (χ0v) is 24.0. The molecule has 4 aromatic rings. The number of piperidine rings is 1. The first-order valence-electron chi connectivity index (χ1n) is 14.2. The molecule has 1 fully saturated rings. The van der Waals surface area contributed by atoms with Gasteiger partial charge in [-0.2, -0.15) is 4.57 Å². The molecule has 0 aliphatic carbocycles. The fourth-order valence-electron chi connectivity index (χ4n) is 5.60. The number of carbonyl (C=O) groups is 1. The van der Waals surface area contributed by atoms with E-state index >= 15 is 0 Å². The normalized spacial score (nSPS) is 14.9. The summed E-state index contributed by atoms with van der Waals surface area (Å²) in [5, 5.41) is 0. The van der Waals surface area contributed by atoms with Crippen LogP contribution in [0.5, 0.6) is 0 Å². The number of para-hydroxylation sites is 2. The largest absolute Gasteiger partial charge is 0.446 e. The maximum Gasteiger partial charge on any atom is 0.424 e. The second-order valence-corrected chi connectivity index (χ2v) is 11.2. The van der Waals surface area contributed by atoms with Gasteiger partial charge in [0.25, 0.3) is 5.56 Å². The summed E-state index contributed by atoms with van der Waals surface area (Å²) in [7, 11) is 1.87. The third kappa shape index (κ3) is 6.26. The molecular formula is C31H37FN6O3. The topological polar surface area (TPSA) is 85.5 Å². The summed E-state index contributed by atoms with van der Waals surface area (Å²) >= 11 is 0. The van der Waals surface area contributed by atoms with Gasteiger partial charge in [0.1, 0.15) is 11.9 Å². The lowest BCUT2D eigenvalue weighted by molar-refractivity contribution is 0.0958. The SMILES string of the molecule is CC(C)CC(C)OC(=O)n1c(N(C)C2CCN(c3nc4ccccc4n3Cc3ccc(F)cc3)CC2)nccc1=O. The number of carbonyl (C=O) groups excluding carboxylic acids is 1. The fraction of sp³-hybridized carbons (Fsp3) is 0.419. The van der Waals surface area contributed by atoms with Crippen molar-refractivity contribution in [2.45, 2.75) is 58.7 Å². The molecule has 0 bridgehead atoms. The van der Waals surface area contributed by atoms with Crippen LogP contribution in [0.3, 0.4) is 0 Å². The average Bonchev–Trinajstić information content (AvgIpc) is 3.31. The lowest BCUT2D eigenvalue weighted by atomic mass is 10.0. The van der Waals surface area contributed by atoms with Crippen LogP contribution >= 0.6 is 0 Å². The van der Waals surface area contributed by atoms with Crippen LogP contribution in [0.4, 0.5) is 21.1 Å². The van der Waals surface area contributed by atoms with Gasteiger partial charge < -0.3 is 19.1 Å². The molecule has 2 aromatic carbocycles. The van der Waals surface area contributed by atoms with Crippen molar-refractivity contribution >= 4 is 29.0 Å². The summed E-state index contributed by atoms with van der Waals surface area (Å²) < 4.78 is 22.3. The number of hydrogen-bond donors (Lipinski definition) is 0. The van der Waals surface area contributed by atoms with Crippen molar-refractivity contribution in [2.75, 3.05) is 29.9 Å². The molecule has 0 amide bonds. The minimum atomic E-state index is -0.704. The Bertz CT molecular complexity index is 1560. The number of benzene rings is 2. The first kappa shape index (κ1) is 28.3. The van der Waals surface area contributed by atoms with Gasteiger partial charge in [-0.3, -0.25) is 4.79 Å². The second-order valence-electron chi connectivity index (χ2n) is 11.2. The highest BCUT2D eigenvalue weighted by Gasteiger charge is 2.29. The Morgan fingerprint density at radius 2 is 1.78 bits per heavy atom. The molecule has 2 aromatic heterocycles. The van der Waals surface area contributed by atoms with Gasteiger partial charge in [-0.1, -0.05) is 38.1 Å². The summed E-state index contributed by atoms with van der Waals surface area (Å²) in [6, 6.07) is 15.9. The van der Waals surface area contributed by atoms with Crippen LogP contribution in [0, 0.1) is 11.7 Å². The highest BCUT2D eigenvalue weighted by Crippen LogP contribution is 2.28. The molecule has 5 rings (SSSR count). The summed E-state index contributed by atoms with van der Waals surface area (Å²) in [6.45, 7) is 7.99. The Morgan fingerprint density at radius 3 is 2.49 bits per heavy atom. The van der Waals surface area contributed by atoms with Gasteiger partial charge in [0.2, 0.25) is 11.9 Å². The Hall–Kier alpha value is -4.21. The highest BCUT2D eigenvalue weighted by molar-refractivity contribution is 5.79. The molecule has 9 nitrogen and oxygen atoms in total. The number of halogens is 1. The van der Waals surface area contributed by atoms with Crippen LogP contribution in [0.25, 0.3) is 11.0 Å². The number of imidazole rings is 1. The van der Waals surface area contributed by atoms with Crippen LogP contribution in [0.15, 0.2) is 65.6 Å². The standard InChI is InChI=1S/C31H37FN6O3/c1-21(2)19-22(3)41-31(40)38-28(39)13-16-33-29(38)35(4)25-14-17-36(18-15-25)30-34-26-7-5-6-8-27(26)37(30)20-23-9-11-24(32)12-10-23/h5-13,16,21-22,25H,14-15,17-20H2,1-4H3. The van der Waals surface area contributed by atoms with Crippen molar-refractivity contribution in [3.63, 3.8) is 0 Å². The minimum Gasteiger partial charge on any atom is -0.446 e. The number of nitrogens with zero attached hydrogens (tertiary/aromatic N) is 6. The van der Waals surface area contributed by atoms with E-state index in [1.165, 1.54) is 24.4 Å². The van der Waals surface area contributed by atoms with Crippen LogP contribution in [0.1, 0.15) is 45.6 Å². The Balaban J connectivity index is 1.34. The Kier molecular flexibility index (Phi) is 8.37. The molecule has 0 radical (unpaired) electrons. The Labute approximate surface area is 239 Å². The molecule has 0 N–H and O–H groups in total. The van der Waals surface area contributed by atoms with Gasteiger partial charge in [0.05, 0.1) is 17.6 Å². The molecule has 0 spiro atoms. The van der Waals surface area contributed by atoms with E-state index in [4.69, 9.17) is 9.72 Å². The number of anilines is 2. The van der Waals surface area contributed by atoms with E-state index < -0.39 is 11.7 Å². The van der Waals surface area contributed by atoms with E-state index in [-0.39, 0.29) is 23.9 Å². The summed E-state index contributed by atoms with van der Waals surface area (Å²) in [6.07, 6.45) is 2.67. The predicted molar refractivity (Wildman–Crippen MR) is 158 cm³/mol. The van der Waals surface area contributed by atoms with Gasteiger partial charge in [-0.25, -0.2) is 19.2 Å². The van der Waals surface area contributed by atoms with E-state index in [1.54, 1.807) is 12.1 Å². The lowest BCUT2D eigenvalue weighted by Gasteiger charge is -2.38. The number of hydrogen-bond acceptors (Lipinski definition) is 7. The number of ether oxygens (including phenoxy) is 1. The maximum absolute atomic E-state index is 13.5. The molecule has 1 saturated heterocycles. The fourth-order valence-corrected chi connectivity index (χ4v) is 5.60. The monoisotopic (exact) mass is 560 g/mol. The first-order valence-corrected chi connectivity index (χ1v) is 14.2. The van der Waals surface area contributed by atoms with E-state index in [0.717, 1.165) is 53.0 Å². The zero-order chi connectivity index (χ0) is 29.1. The molecule has 1 unspecified atom stereocenters. The maximum atomic E-state index is 13.5. The van der Waals surface area contributed by atoms with Crippen molar-refractivity contribution < 1.29 is 13.9 Å². The van der Waals surface area contributed by atoms with E-state index in [0.29, 0.717) is 18.9 Å². The first-order chi connectivity index (χ1) is 19.7. The highest BCUT2D eigenvalue weighted by atomic mass is 19.1. The zero-order valence-electron chi connectivity index (χ0n) is 24.0. The van der Waals surface area contributed by atoms with Crippen molar-refractivity contribution in [3.8, 4) is 0 Å². The van der Waals surface area contributed by atoms with Crippen molar-refractivity contribution in [3.05, 3.63) is 82.5 Å². The molecule has 1 aliphatic heterocycles. The quantitative estimate of drug-likeness (QED) is 0.289. The summed E-state index contributed by atoms with van der Waals surface area (Å²) in [4.78, 5) is 39.3. The van der Waals surface area contributed by atoms with Gasteiger partial charge in [-0.15, -0.1) is 0 Å². The van der Waals surface area contributed by atoms with Crippen LogP contribution in [-0.4, -0.2) is 57.5 Å². The van der Waals surface area contributed by atoms with Crippen molar-refractivity contribution in [2.24, 2.45) is 5.92 Å². The molecule has 10 heteroatoms. The van der Waals surface area contributed by atoms with Crippen molar-refractivity contribution in [1.29, 1.82) is 0 Å². The Morgan fingerprint density at radius 1 is 1.07 bits per heavy atom. The van der Waals surface area contributed by atoms with Gasteiger partial charge in [-0.05, 0) is 61.9 Å². The third-order valence-corrected chi connectivity index (χ3v) is 7.61. The minimum absolute atomic E-state index is 0.0580. The van der Waals surface area contributed by atoms with Crippen molar-refractivity contribution in [1.82, 2.24) is 19.1 Å². The van der Waals surface area contributed by atoms with Crippen LogP contribution in [-0.2, 0) is 11.3 Å². The van der Waals surface area contributed by atoms with Gasteiger partial charge in [0, 0.05) is 38.4 Å². The average molecular weight is 561 g/mol. The van der Waals surface area contributed by atoms with Crippen LogP contribution in [0.2, 0.25) is 0 Å². The third-order valence-electron chi connectivity index (χ3n) is 7.61. The van der Waals surface area contributed by atoms with Crippen LogP contribution < -0.4 is 15.4 Å². The molecule has 0 saturated carbocycles. The molecule has 41 heavy (non-hydrogen) atoms.